The number of carboxylic acids is 1. The summed E-state index contributed by atoms with van der Waals surface area (Å²) in [6, 6.07) is 0. The molecule has 5 nitrogen and oxygen atoms in total. The van der Waals surface area contributed by atoms with Crippen molar-refractivity contribution in [2.45, 2.75) is 71.3 Å². The Labute approximate surface area is 200 Å². The number of hydrogen-bond donors (Lipinski definition) is 2. The van der Waals surface area contributed by atoms with Crippen LogP contribution in [0.4, 0.5) is 8.78 Å². The van der Waals surface area contributed by atoms with Gasteiger partial charge in [0.2, 0.25) is 0 Å². The Morgan fingerprint density at radius 1 is 1.26 bits per heavy atom. The zero-order valence-electron chi connectivity index (χ0n) is 20.6. The highest BCUT2D eigenvalue weighted by molar-refractivity contribution is 6.01. The lowest BCUT2D eigenvalue weighted by Crippen LogP contribution is -2.69. The summed E-state index contributed by atoms with van der Waals surface area (Å²) in [6.07, 6.45) is 2.35. The lowest BCUT2D eigenvalue weighted by atomic mass is 9.43. The number of alkyl halides is 2. The van der Waals surface area contributed by atoms with Crippen LogP contribution in [0.25, 0.3) is 0 Å². The summed E-state index contributed by atoms with van der Waals surface area (Å²) < 4.78 is 32.8. The van der Waals surface area contributed by atoms with E-state index in [0.29, 0.717) is 25.4 Å². The highest BCUT2D eigenvalue weighted by Gasteiger charge is 2.78. The van der Waals surface area contributed by atoms with Crippen molar-refractivity contribution >= 4 is 11.8 Å². The molecule has 0 aromatic rings. The third kappa shape index (κ3) is 2.77. The fraction of sp³-hybridized carbons (Fsp3) is 0.778. The minimum atomic E-state index is -2.15. The van der Waals surface area contributed by atoms with Crippen molar-refractivity contribution < 1.29 is 28.6 Å². The van der Waals surface area contributed by atoms with Crippen molar-refractivity contribution in [1.82, 2.24) is 4.90 Å². The van der Waals surface area contributed by atoms with Crippen LogP contribution < -0.4 is 0 Å². The maximum Gasteiger partial charge on any atom is 0.311 e. The van der Waals surface area contributed by atoms with Crippen LogP contribution in [-0.4, -0.2) is 64.4 Å². The standard InChI is InChI=1S/C27H37F2NO4/c1-15(2)6-8-30-13-16-9-18-19-11-21(28)20-10-17(31)5-7-24(20,3)27(19,29)22(32)12-25(18,4)26(16,14-30)23(33)34/h5,7,10,15-16,18-19,21-22,32H,6,8-9,11-14H2,1-4H3,(H,33,34)/t16-,18-,19-,21-,22-,24-,25-,26+,27-/m0/s1. The first-order chi connectivity index (χ1) is 15.8. The predicted octanol–water partition coefficient (Wildman–Crippen LogP) is 3.96. The van der Waals surface area contributed by atoms with Crippen LogP contribution >= 0.6 is 0 Å². The zero-order chi connectivity index (χ0) is 24.8. The number of aliphatic carboxylic acids is 1. The molecule has 0 radical (unpaired) electrons. The van der Waals surface area contributed by atoms with E-state index in [1.54, 1.807) is 6.92 Å². The van der Waals surface area contributed by atoms with Crippen molar-refractivity contribution in [2.24, 2.45) is 39.9 Å². The summed E-state index contributed by atoms with van der Waals surface area (Å²) >= 11 is 0. The van der Waals surface area contributed by atoms with E-state index in [0.717, 1.165) is 13.0 Å². The lowest BCUT2D eigenvalue weighted by molar-refractivity contribution is -0.215. The van der Waals surface area contributed by atoms with Crippen LogP contribution in [0.3, 0.4) is 0 Å². The number of fused-ring (bicyclic) bond motifs is 7. The third-order valence-corrected chi connectivity index (χ3v) is 10.6. The Kier molecular flexibility index (Phi) is 5.28. The first-order valence-electron chi connectivity index (χ1n) is 12.7. The van der Waals surface area contributed by atoms with Gasteiger partial charge in [-0.25, -0.2) is 8.78 Å². The Hall–Kier alpha value is -1.60. The minimum Gasteiger partial charge on any atom is -0.481 e. The Morgan fingerprint density at radius 3 is 2.62 bits per heavy atom. The average Bonchev–Trinajstić information content (AvgIpc) is 3.24. The van der Waals surface area contributed by atoms with Crippen LogP contribution in [0.2, 0.25) is 0 Å². The quantitative estimate of drug-likeness (QED) is 0.641. The molecular weight excluding hydrogens is 440 g/mol. The fourth-order valence-corrected chi connectivity index (χ4v) is 8.84. The Balaban J connectivity index is 1.56. The summed E-state index contributed by atoms with van der Waals surface area (Å²) in [4.78, 5) is 27.2. The smallest absolute Gasteiger partial charge is 0.311 e. The lowest BCUT2D eigenvalue weighted by Gasteiger charge is -2.63. The summed E-state index contributed by atoms with van der Waals surface area (Å²) in [5, 5.41) is 22.0. The van der Waals surface area contributed by atoms with E-state index >= 15 is 8.78 Å². The highest BCUT2D eigenvalue weighted by atomic mass is 19.1. The van der Waals surface area contributed by atoms with Gasteiger partial charge in [-0.1, -0.05) is 26.8 Å². The normalized spacial score (nSPS) is 49.9. The van der Waals surface area contributed by atoms with Crippen molar-refractivity contribution in [1.29, 1.82) is 0 Å². The second-order valence-corrected chi connectivity index (χ2v) is 12.5. The molecule has 4 fully saturated rings. The molecule has 4 aliphatic carbocycles. The third-order valence-electron chi connectivity index (χ3n) is 10.6. The molecule has 1 heterocycles. The molecule has 3 saturated carbocycles. The van der Waals surface area contributed by atoms with Crippen LogP contribution in [-0.2, 0) is 9.59 Å². The number of aliphatic hydroxyl groups excluding tert-OH is 1. The number of allylic oxidation sites excluding steroid dienone is 4. The molecule has 1 aliphatic heterocycles. The van der Waals surface area contributed by atoms with Gasteiger partial charge in [-0.05, 0) is 80.0 Å². The van der Waals surface area contributed by atoms with Gasteiger partial charge in [0.1, 0.15) is 6.17 Å². The number of ketones is 1. The molecule has 0 unspecified atom stereocenters. The maximum atomic E-state index is 17.3. The van der Waals surface area contributed by atoms with Gasteiger partial charge < -0.3 is 15.1 Å². The predicted molar refractivity (Wildman–Crippen MR) is 123 cm³/mol. The summed E-state index contributed by atoms with van der Waals surface area (Å²) in [5.41, 5.74) is -5.41. The average molecular weight is 478 g/mol. The zero-order valence-corrected chi connectivity index (χ0v) is 20.6. The van der Waals surface area contributed by atoms with Crippen LogP contribution in [0.15, 0.2) is 23.8 Å². The molecule has 0 amide bonds. The molecule has 2 N–H and O–H groups in total. The number of carboxylic acid groups (broad SMARTS) is 1. The van der Waals surface area contributed by atoms with Gasteiger partial charge in [-0.15, -0.1) is 0 Å². The summed E-state index contributed by atoms with van der Waals surface area (Å²) in [6.45, 7) is 9.63. The fourth-order valence-electron chi connectivity index (χ4n) is 8.84. The van der Waals surface area contributed by atoms with Crippen molar-refractivity contribution in [3.8, 4) is 0 Å². The van der Waals surface area contributed by atoms with Crippen LogP contribution in [0, 0.1) is 39.9 Å². The van der Waals surface area contributed by atoms with Gasteiger partial charge >= 0.3 is 5.97 Å². The van der Waals surface area contributed by atoms with Gasteiger partial charge in [0, 0.05) is 24.4 Å². The number of rotatable bonds is 4. The van der Waals surface area contributed by atoms with E-state index < -0.39 is 46.1 Å². The van der Waals surface area contributed by atoms with E-state index in [4.69, 9.17) is 0 Å². The topological polar surface area (TPSA) is 77.8 Å². The molecule has 1 saturated heterocycles. The van der Waals surface area contributed by atoms with Crippen LogP contribution in [0.1, 0.15) is 53.4 Å². The van der Waals surface area contributed by atoms with E-state index in [9.17, 15) is 19.8 Å². The second kappa shape index (κ2) is 7.45. The summed E-state index contributed by atoms with van der Waals surface area (Å²) in [5.74, 6) is -2.06. The maximum absolute atomic E-state index is 17.3. The van der Waals surface area contributed by atoms with Crippen molar-refractivity contribution in [3.05, 3.63) is 23.8 Å². The van der Waals surface area contributed by atoms with Gasteiger partial charge in [0.25, 0.3) is 0 Å². The first kappa shape index (κ1) is 24.1. The van der Waals surface area contributed by atoms with E-state index in [2.05, 4.69) is 18.7 Å². The number of nitrogens with zero attached hydrogens (tertiary/aromatic N) is 1. The number of likely N-dealkylation sites (tertiary alicyclic amines) is 1. The number of carbonyl (C=O) groups excluding carboxylic acids is 1. The molecular formula is C27H37F2NO4. The molecule has 0 spiro atoms. The van der Waals surface area contributed by atoms with Gasteiger partial charge in [0.05, 0.1) is 11.5 Å². The molecule has 0 bridgehead atoms. The van der Waals surface area contributed by atoms with Crippen LogP contribution in [0.5, 0.6) is 0 Å². The van der Waals surface area contributed by atoms with Crippen molar-refractivity contribution in [2.75, 3.05) is 19.6 Å². The number of aliphatic hydroxyl groups is 1. The molecule has 0 aromatic carbocycles. The Morgan fingerprint density at radius 2 is 1.97 bits per heavy atom. The molecule has 7 heteroatoms. The largest absolute Gasteiger partial charge is 0.481 e. The Bertz CT molecular complexity index is 980. The number of carbonyl (C=O) groups is 2. The van der Waals surface area contributed by atoms with E-state index in [1.165, 1.54) is 18.2 Å². The molecule has 188 valence electrons. The monoisotopic (exact) mass is 477 g/mol. The number of hydrogen-bond acceptors (Lipinski definition) is 4. The molecule has 5 rings (SSSR count). The molecule has 0 aromatic heterocycles. The van der Waals surface area contributed by atoms with Crippen molar-refractivity contribution in [3.63, 3.8) is 0 Å². The second-order valence-electron chi connectivity index (χ2n) is 12.5. The minimum absolute atomic E-state index is 0.0209. The first-order valence-corrected chi connectivity index (χ1v) is 12.7. The van der Waals surface area contributed by atoms with Gasteiger partial charge in [0.15, 0.2) is 11.5 Å². The highest BCUT2D eigenvalue weighted by Crippen LogP contribution is 2.74. The van der Waals surface area contributed by atoms with E-state index in [1.807, 2.05) is 6.92 Å². The van der Waals surface area contributed by atoms with Gasteiger partial charge in [-0.2, -0.15) is 0 Å². The number of halogens is 2. The molecule has 34 heavy (non-hydrogen) atoms. The molecule has 5 aliphatic rings. The SMILES string of the molecule is CC(C)CCN1C[C@@H]2C[C@H]3[C@@H]4C[C@H](F)C5=CC(=O)C=C[C@]5(C)[C@@]4(F)[C@@H](O)C[C@]3(C)[C@]2(C(=O)O)C1. The van der Waals surface area contributed by atoms with Gasteiger partial charge in [-0.3, -0.25) is 9.59 Å². The summed E-state index contributed by atoms with van der Waals surface area (Å²) in [7, 11) is 0. The molecule has 9 atom stereocenters. The van der Waals surface area contributed by atoms with E-state index in [-0.39, 0.29) is 36.0 Å².